The fourth-order valence-corrected chi connectivity index (χ4v) is 5.58. The lowest BCUT2D eigenvalue weighted by molar-refractivity contribution is -0.0767. The molecule has 1 aromatic rings. The summed E-state index contributed by atoms with van der Waals surface area (Å²) in [6.07, 6.45) is 17.4. The van der Waals surface area contributed by atoms with Crippen molar-refractivity contribution in [1.82, 2.24) is 9.55 Å². The predicted octanol–water partition coefficient (Wildman–Crippen LogP) is 5.92. The normalized spacial score (nSPS) is 22.2. The van der Waals surface area contributed by atoms with Crippen LogP contribution in [0.4, 0.5) is 0 Å². The second kappa shape index (κ2) is 19.9. The molecule has 0 radical (unpaired) electrons. The Balaban J connectivity index is 1.77. The van der Waals surface area contributed by atoms with Gasteiger partial charge in [-0.1, -0.05) is 90.4 Å². The number of H-pyrrole nitrogens is 1. The van der Waals surface area contributed by atoms with Gasteiger partial charge >= 0.3 is 5.69 Å². The van der Waals surface area contributed by atoms with Crippen molar-refractivity contribution in [3.05, 3.63) is 33.1 Å². The van der Waals surface area contributed by atoms with E-state index in [9.17, 15) is 9.59 Å². The molecule has 1 aliphatic heterocycles. The van der Waals surface area contributed by atoms with Crippen LogP contribution in [-0.4, -0.2) is 62.0 Å². The molecule has 220 valence electrons. The predicted molar refractivity (Wildman–Crippen MR) is 152 cm³/mol. The molecule has 1 aliphatic rings. The van der Waals surface area contributed by atoms with Gasteiger partial charge < -0.3 is 23.3 Å². The lowest BCUT2D eigenvalue weighted by Crippen LogP contribution is -2.40. The highest BCUT2D eigenvalue weighted by atomic mass is 31.2. The maximum atomic E-state index is 12.5. The topological polar surface area (TPSA) is 101 Å². The van der Waals surface area contributed by atoms with Crippen molar-refractivity contribution in [3.8, 4) is 0 Å². The average Bonchev–Trinajstić information content (AvgIpc) is 3.22. The van der Waals surface area contributed by atoms with Crippen molar-refractivity contribution < 1.29 is 23.3 Å². The summed E-state index contributed by atoms with van der Waals surface area (Å²) in [5.41, 5.74) is -1.00. The average molecular weight is 559 g/mol. The molecule has 0 aromatic carbocycles. The highest BCUT2D eigenvalue weighted by Crippen LogP contribution is 2.42. The van der Waals surface area contributed by atoms with Gasteiger partial charge in [-0.3, -0.25) is 14.3 Å². The maximum Gasteiger partial charge on any atom is 0.330 e. The zero-order chi connectivity index (χ0) is 27.6. The summed E-state index contributed by atoms with van der Waals surface area (Å²) in [5.74, 6) is 0. The summed E-state index contributed by atoms with van der Waals surface area (Å²) in [4.78, 5) is 26.4. The maximum absolute atomic E-state index is 12.5. The Labute approximate surface area is 229 Å². The molecule has 0 spiro atoms. The van der Waals surface area contributed by atoms with Crippen LogP contribution in [0, 0.1) is 0 Å². The van der Waals surface area contributed by atoms with Gasteiger partial charge in [0.25, 0.3) is 5.56 Å². The molecule has 0 amide bonds. The van der Waals surface area contributed by atoms with Crippen molar-refractivity contribution in [1.29, 1.82) is 0 Å². The molecule has 1 aromatic heterocycles. The van der Waals surface area contributed by atoms with Gasteiger partial charge in [-0.2, -0.15) is 0 Å². The molecule has 0 bridgehead atoms. The molecule has 0 aliphatic carbocycles. The van der Waals surface area contributed by atoms with E-state index in [4.69, 9.17) is 23.3 Å². The fourth-order valence-electron chi connectivity index (χ4n) is 4.89. The molecular weight excluding hydrogens is 507 g/mol. The van der Waals surface area contributed by atoms with Gasteiger partial charge in [0.15, 0.2) is 14.6 Å². The third-order valence-electron chi connectivity index (χ3n) is 7.08. The van der Waals surface area contributed by atoms with Gasteiger partial charge in [0.1, 0.15) is 18.3 Å². The molecule has 1 saturated heterocycles. The van der Waals surface area contributed by atoms with Crippen molar-refractivity contribution >= 4 is 8.38 Å². The number of ether oxygens (including phenoxy) is 3. The molecule has 10 heteroatoms. The van der Waals surface area contributed by atoms with E-state index in [1.54, 1.807) is 14.2 Å². The number of nitrogens with zero attached hydrogens (tertiary/aromatic N) is 1. The Bertz CT molecular complexity index is 849. The third-order valence-corrected chi connectivity index (χ3v) is 8.13. The van der Waals surface area contributed by atoms with E-state index in [0.717, 1.165) is 12.8 Å². The highest BCUT2D eigenvalue weighted by molar-refractivity contribution is 7.46. The van der Waals surface area contributed by atoms with Gasteiger partial charge in [0, 0.05) is 39.8 Å². The van der Waals surface area contributed by atoms with E-state index in [2.05, 4.69) is 11.9 Å². The Morgan fingerprint density at radius 2 is 1.47 bits per heavy atom. The van der Waals surface area contributed by atoms with Crippen LogP contribution in [0.1, 0.15) is 103 Å². The summed E-state index contributed by atoms with van der Waals surface area (Å²) >= 11 is 0. The monoisotopic (exact) mass is 558 g/mol. The van der Waals surface area contributed by atoms with E-state index >= 15 is 0 Å². The van der Waals surface area contributed by atoms with Gasteiger partial charge in [0.05, 0.1) is 6.61 Å². The van der Waals surface area contributed by atoms with Crippen LogP contribution in [0.25, 0.3) is 0 Å². The number of hydrogen-bond donors (Lipinski definition) is 1. The first-order valence-electron chi connectivity index (χ1n) is 14.5. The minimum absolute atomic E-state index is 0.283. The van der Waals surface area contributed by atoms with Crippen LogP contribution in [-0.2, 0) is 23.3 Å². The summed E-state index contributed by atoms with van der Waals surface area (Å²) in [5, 5.41) is 0. The quantitative estimate of drug-likeness (QED) is 0.139. The SMILES string of the molecule is CCCCCCCCCCCCCCCCOC1C(OP(C)OC)C(COC)OC1n1ccc(=O)[nH]c1=O. The number of unbranched alkanes of at least 4 members (excludes halogenated alkanes) is 13. The number of aromatic amines is 1. The van der Waals surface area contributed by atoms with Gasteiger partial charge in [-0.15, -0.1) is 0 Å². The second-order valence-electron chi connectivity index (χ2n) is 10.2. The molecule has 1 fully saturated rings. The fraction of sp³-hybridized carbons (Fsp3) is 0.857. The first kappa shape index (κ1) is 33.1. The van der Waals surface area contributed by atoms with Crippen molar-refractivity contribution in [2.75, 3.05) is 34.1 Å². The summed E-state index contributed by atoms with van der Waals surface area (Å²) in [6, 6.07) is 1.30. The largest absolute Gasteiger partial charge is 0.382 e. The zero-order valence-electron chi connectivity index (χ0n) is 24.0. The van der Waals surface area contributed by atoms with Crippen LogP contribution in [0.15, 0.2) is 21.9 Å². The Kier molecular flexibility index (Phi) is 17.3. The van der Waals surface area contributed by atoms with Crippen LogP contribution >= 0.6 is 8.38 Å². The van der Waals surface area contributed by atoms with Crippen molar-refractivity contribution in [2.45, 2.75) is 121 Å². The second-order valence-corrected chi connectivity index (χ2v) is 11.6. The summed E-state index contributed by atoms with van der Waals surface area (Å²) in [7, 11) is 2.04. The molecule has 38 heavy (non-hydrogen) atoms. The van der Waals surface area contributed by atoms with Crippen LogP contribution in [0.5, 0.6) is 0 Å². The van der Waals surface area contributed by atoms with Crippen LogP contribution in [0.3, 0.4) is 0 Å². The first-order valence-corrected chi connectivity index (χ1v) is 16.2. The van der Waals surface area contributed by atoms with E-state index in [-0.39, 0.29) is 6.61 Å². The molecular formula is C28H51N2O7P. The van der Waals surface area contributed by atoms with Crippen LogP contribution < -0.4 is 11.2 Å². The zero-order valence-corrected chi connectivity index (χ0v) is 24.9. The molecule has 1 N–H and O–H groups in total. The smallest absolute Gasteiger partial charge is 0.330 e. The number of rotatable bonds is 22. The minimum Gasteiger partial charge on any atom is -0.382 e. The van der Waals surface area contributed by atoms with E-state index in [1.165, 1.54) is 93.9 Å². The lowest BCUT2D eigenvalue weighted by Gasteiger charge is -2.26. The summed E-state index contributed by atoms with van der Waals surface area (Å²) in [6.45, 7) is 4.95. The van der Waals surface area contributed by atoms with Crippen LogP contribution in [0.2, 0.25) is 0 Å². The van der Waals surface area contributed by atoms with Gasteiger partial charge in [-0.05, 0) is 6.42 Å². The highest BCUT2D eigenvalue weighted by Gasteiger charge is 2.48. The summed E-state index contributed by atoms with van der Waals surface area (Å²) < 4.78 is 30.7. The first-order chi connectivity index (χ1) is 18.5. The molecule has 2 heterocycles. The Hall–Kier alpha value is -1.09. The lowest BCUT2D eigenvalue weighted by atomic mass is 10.0. The molecule has 2 rings (SSSR count). The Morgan fingerprint density at radius 3 is 2.00 bits per heavy atom. The van der Waals surface area contributed by atoms with Crippen molar-refractivity contribution in [2.24, 2.45) is 0 Å². The number of hydrogen-bond acceptors (Lipinski definition) is 7. The van der Waals surface area contributed by atoms with Gasteiger partial charge in [-0.25, -0.2) is 4.79 Å². The molecule has 5 atom stereocenters. The minimum atomic E-state index is -1.15. The van der Waals surface area contributed by atoms with E-state index in [0.29, 0.717) is 6.61 Å². The molecule has 9 nitrogen and oxygen atoms in total. The Morgan fingerprint density at radius 1 is 0.895 bits per heavy atom. The van der Waals surface area contributed by atoms with E-state index in [1.807, 2.05) is 6.66 Å². The number of aromatic nitrogens is 2. The van der Waals surface area contributed by atoms with E-state index < -0.39 is 44.2 Å². The number of methoxy groups -OCH3 is 1. The number of nitrogens with one attached hydrogen (secondary N) is 1. The molecule has 5 unspecified atom stereocenters. The third kappa shape index (κ3) is 12.0. The standard InChI is InChI=1S/C28H51N2O7P/c1-5-6-7-8-9-10-11-12-13-14-15-16-17-18-21-35-26-25(37-38(4)34-3)23(22-33-2)36-27(26)30-20-19-24(31)29-28(30)32/h19-20,23,25-27H,5-18,21-22H2,1-4H3,(H,29,31,32). The van der Waals surface area contributed by atoms with Gasteiger partial charge in [0.2, 0.25) is 0 Å². The van der Waals surface area contributed by atoms with Crippen molar-refractivity contribution in [3.63, 3.8) is 0 Å². The molecule has 0 saturated carbocycles.